The summed E-state index contributed by atoms with van der Waals surface area (Å²) in [6.07, 6.45) is 0.497. The predicted octanol–water partition coefficient (Wildman–Crippen LogP) is 2.94. The minimum absolute atomic E-state index is 0.0436. The first-order valence-electron chi connectivity index (χ1n) is 8.71. The van der Waals surface area contributed by atoms with Crippen LogP contribution in [0.3, 0.4) is 0 Å². The van der Waals surface area contributed by atoms with Gasteiger partial charge in [0.15, 0.2) is 9.84 Å². The molecule has 0 saturated carbocycles. The number of carbonyl (C=O) groups is 1. The highest BCUT2D eigenvalue weighted by Gasteiger charge is 2.30. The molecule has 0 unspecified atom stereocenters. The minimum Gasteiger partial charge on any atom is -0.351 e. The van der Waals surface area contributed by atoms with E-state index in [2.05, 4.69) is 38.2 Å². The largest absolute Gasteiger partial charge is 0.351 e. The lowest BCUT2D eigenvalue weighted by Crippen LogP contribution is -2.39. The molecule has 0 aliphatic carbocycles. The summed E-state index contributed by atoms with van der Waals surface area (Å²) in [5, 5.41) is 4.46. The molecule has 7 heteroatoms. The van der Waals surface area contributed by atoms with Crippen LogP contribution in [0.4, 0.5) is 0 Å². The molecule has 1 saturated heterocycles. The standard InChI is InChI=1S/C19H24N2O3S2/c1-11-5-6-16-12(2)9-17(21-18(16)13(11)3)25-14(4)19(22)20-15-7-8-26(23,24)10-15/h5-6,9,14-15H,7-8,10H2,1-4H3,(H,20,22)/t14-,15+/m1/s1. The summed E-state index contributed by atoms with van der Waals surface area (Å²) < 4.78 is 23.1. The molecule has 140 valence electrons. The van der Waals surface area contributed by atoms with Crippen molar-refractivity contribution in [2.75, 3.05) is 11.5 Å². The number of benzene rings is 1. The van der Waals surface area contributed by atoms with Crippen LogP contribution in [0.2, 0.25) is 0 Å². The molecule has 0 radical (unpaired) electrons. The molecule has 3 rings (SSSR count). The van der Waals surface area contributed by atoms with Gasteiger partial charge in [0, 0.05) is 11.4 Å². The minimum atomic E-state index is -3.00. The number of rotatable bonds is 4. The summed E-state index contributed by atoms with van der Waals surface area (Å²) in [5.74, 6) is 0.0588. The van der Waals surface area contributed by atoms with Gasteiger partial charge in [-0.05, 0) is 56.9 Å². The number of nitrogens with zero attached hydrogens (tertiary/aromatic N) is 1. The lowest BCUT2D eigenvalue weighted by atomic mass is 10.0. The number of pyridine rings is 1. The Labute approximate surface area is 158 Å². The molecule has 1 N–H and O–H groups in total. The second-order valence-corrected chi connectivity index (χ2v) is 10.6. The molecule has 0 bridgehead atoms. The van der Waals surface area contributed by atoms with Crippen molar-refractivity contribution in [3.63, 3.8) is 0 Å². The van der Waals surface area contributed by atoms with Crippen molar-refractivity contribution < 1.29 is 13.2 Å². The van der Waals surface area contributed by atoms with Crippen molar-refractivity contribution in [3.8, 4) is 0 Å². The van der Waals surface area contributed by atoms with Crippen LogP contribution in [0, 0.1) is 20.8 Å². The Morgan fingerprint density at radius 2 is 2.00 bits per heavy atom. The monoisotopic (exact) mass is 392 g/mol. The lowest BCUT2D eigenvalue weighted by Gasteiger charge is -2.16. The van der Waals surface area contributed by atoms with Crippen LogP contribution in [0.25, 0.3) is 10.9 Å². The zero-order valence-corrected chi connectivity index (χ0v) is 17.1. The Hall–Kier alpha value is -1.60. The highest BCUT2D eigenvalue weighted by Crippen LogP contribution is 2.29. The average Bonchev–Trinajstić information content (AvgIpc) is 2.90. The van der Waals surface area contributed by atoms with Crippen molar-refractivity contribution in [2.45, 2.75) is 50.4 Å². The Kier molecular flexibility index (Phi) is 5.30. The van der Waals surface area contributed by atoms with Gasteiger partial charge in [-0.2, -0.15) is 0 Å². The van der Waals surface area contributed by atoms with E-state index in [1.54, 1.807) is 0 Å². The molecule has 2 atom stereocenters. The number of carbonyl (C=O) groups excluding carboxylic acids is 1. The SMILES string of the molecule is Cc1ccc2c(C)cc(S[C@H](C)C(=O)N[C@H]3CCS(=O)(=O)C3)nc2c1C. The fourth-order valence-corrected chi connectivity index (χ4v) is 5.79. The summed E-state index contributed by atoms with van der Waals surface area (Å²) in [6.45, 7) is 8.01. The van der Waals surface area contributed by atoms with Crippen molar-refractivity contribution in [1.82, 2.24) is 10.3 Å². The second kappa shape index (κ2) is 7.19. The molecular formula is C19H24N2O3S2. The summed E-state index contributed by atoms with van der Waals surface area (Å²) in [4.78, 5) is 17.2. The maximum absolute atomic E-state index is 12.4. The third kappa shape index (κ3) is 4.04. The number of sulfone groups is 1. The van der Waals surface area contributed by atoms with Gasteiger partial charge in [0.25, 0.3) is 0 Å². The number of aryl methyl sites for hydroxylation is 3. The van der Waals surface area contributed by atoms with Gasteiger partial charge in [0.1, 0.15) is 0 Å². The number of hydrogen-bond donors (Lipinski definition) is 1. The highest BCUT2D eigenvalue weighted by molar-refractivity contribution is 8.00. The van der Waals surface area contributed by atoms with E-state index in [0.717, 1.165) is 27.1 Å². The van der Waals surface area contributed by atoms with Gasteiger partial charge >= 0.3 is 0 Å². The van der Waals surface area contributed by atoms with Gasteiger partial charge in [-0.3, -0.25) is 4.79 Å². The van der Waals surface area contributed by atoms with Gasteiger partial charge in [-0.25, -0.2) is 13.4 Å². The van der Waals surface area contributed by atoms with Crippen molar-refractivity contribution in [2.24, 2.45) is 0 Å². The second-order valence-electron chi connectivity index (χ2n) is 7.05. The van der Waals surface area contributed by atoms with Crippen LogP contribution < -0.4 is 5.32 Å². The number of hydrogen-bond acceptors (Lipinski definition) is 5. The van der Waals surface area contributed by atoms with E-state index < -0.39 is 9.84 Å². The lowest BCUT2D eigenvalue weighted by molar-refractivity contribution is -0.120. The third-order valence-corrected chi connectivity index (χ3v) is 7.72. The van der Waals surface area contributed by atoms with Gasteiger partial charge in [0.2, 0.25) is 5.91 Å². The maximum Gasteiger partial charge on any atom is 0.233 e. The molecule has 26 heavy (non-hydrogen) atoms. The van der Waals surface area contributed by atoms with Crippen LogP contribution in [0.5, 0.6) is 0 Å². The van der Waals surface area contributed by atoms with Crippen LogP contribution in [-0.2, 0) is 14.6 Å². The first-order chi connectivity index (χ1) is 12.2. The molecule has 1 fully saturated rings. The van der Waals surface area contributed by atoms with E-state index in [-0.39, 0.29) is 28.7 Å². The normalized spacial score (nSPS) is 20.2. The summed E-state index contributed by atoms with van der Waals surface area (Å²) in [5.41, 5.74) is 4.46. The molecule has 1 aromatic heterocycles. The van der Waals surface area contributed by atoms with Gasteiger partial charge in [0.05, 0.1) is 27.3 Å². The molecule has 1 aliphatic rings. The number of aromatic nitrogens is 1. The van der Waals surface area contributed by atoms with Crippen LogP contribution in [-0.4, -0.2) is 42.1 Å². The van der Waals surface area contributed by atoms with E-state index in [1.165, 1.54) is 17.3 Å². The zero-order valence-electron chi connectivity index (χ0n) is 15.5. The van der Waals surface area contributed by atoms with Crippen LogP contribution in [0.15, 0.2) is 23.2 Å². The summed E-state index contributed by atoms with van der Waals surface area (Å²) >= 11 is 1.41. The third-order valence-electron chi connectivity index (χ3n) is 4.93. The van der Waals surface area contributed by atoms with Gasteiger partial charge in [-0.1, -0.05) is 23.9 Å². The molecule has 1 aliphatic heterocycles. The molecule has 0 spiro atoms. The van der Waals surface area contributed by atoms with Gasteiger partial charge in [-0.15, -0.1) is 0 Å². The van der Waals surface area contributed by atoms with E-state index in [4.69, 9.17) is 4.98 Å². The number of amides is 1. The Morgan fingerprint density at radius 3 is 2.65 bits per heavy atom. The van der Waals surface area contributed by atoms with E-state index in [9.17, 15) is 13.2 Å². The van der Waals surface area contributed by atoms with E-state index in [0.29, 0.717) is 6.42 Å². The maximum atomic E-state index is 12.4. The number of thioether (sulfide) groups is 1. The Balaban J connectivity index is 1.75. The number of nitrogens with one attached hydrogen (secondary N) is 1. The predicted molar refractivity (Wildman–Crippen MR) is 106 cm³/mol. The highest BCUT2D eigenvalue weighted by atomic mass is 32.2. The topological polar surface area (TPSA) is 76.1 Å². The van der Waals surface area contributed by atoms with E-state index >= 15 is 0 Å². The van der Waals surface area contributed by atoms with E-state index in [1.807, 2.05) is 13.0 Å². The first-order valence-corrected chi connectivity index (χ1v) is 11.4. The molecule has 5 nitrogen and oxygen atoms in total. The van der Waals surface area contributed by atoms with Crippen LogP contribution >= 0.6 is 11.8 Å². The average molecular weight is 393 g/mol. The fraction of sp³-hybridized carbons (Fsp3) is 0.474. The first kappa shape index (κ1) is 19.2. The molecule has 2 aromatic rings. The Morgan fingerprint density at radius 1 is 1.27 bits per heavy atom. The summed E-state index contributed by atoms with van der Waals surface area (Å²) in [6, 6.07) is 5.92. The molecule has 1 aromatic carbocycles. The van der Waals surface area contributed by atoms with Crippen molar-refractivity contribution in [1.29, 1.82) is 0 Å². The van der Waals surface area contributed by atoms with Crippen molar-refractivity contribution >= 4 is 38.4 Å². The molecule has 1 amide bonds. The molecular weight excluding hydrogens is 368 g/mol. The fourth-order valence-electron chi connectivity index (χ4n) is 3.19. The zero-order chi connectivity index (χ0) is 19.1. The number of fused-ring (bicyclic) bond motifs is 1. The van der Waals surface area contributed by atoms with Crippen LogP contribution in [0.1, 0.15) is 30.0 Å². The van der Waals surface area contributed by atoms with Gasteiger partial charge < -0.3 is 5.32 Å². The molecule has 2 heterocycles. The van der Waals surface area contributed by atoms with Crippen molar-refractivity contribution in [3.05, 3.63) is 34.9 Å². The quantitative estimate of drug-likeness (QED) is 0.810. The summed E-state index contributed by atoms with van der Waals surface area (Å²) in [7, 11) is -3.00. The Bertz CT molecular complexity index is 970. The smallest absolute Gasteiger partial charge is 0.233 e.